The van der Waals surface area contributed by atoms with Crippen LogP contribution in [0.4, 0.5) is 4.79 Å². The Bertz CT molecular complexity index is 257. The molecule has 0 bridgehead atoms. The van der Waals surface area contributed by atoms with Gasteiger partial charge >= 0.3 is 12.0 Å². The molecule has 6 nitrogen and oxygen atoms in total. The first-order valence-electron chi connectivity index (χ1n) is 5.51. The van der Waals surface area contributed by atoms with Crippen LogP contribution in [0.1, 0.15) is 19.8 Å². The average Bonchev–Trinajstić information content (AvgIpc) is 2.73. The molecule has 0 aliphatic carbocycles. The Morgan fingerprint density at radius 3 is 2.94 bits per heavy atom. The molecule has 0 aromatic carbocycles. The number of amides is 2. The number of carboxylic acids is 1. The lowest BCUT2D eigenvalue weighted by Gasteiger charge is -2.21. The summed E-state index contributed by atoms with van der Waals surface area (Å²) in [4.78, 5) is 23.8. The third-order valence-electron chi connectivity index (χ3n) is 2.53. The fourth-order valence-corrected chi connectivity index (χ4v) is 1.74. The zero-order chi connectivity index (χ0) is 12.0. The van der Waals surface area contributed by atoms with Crippen molar-refractivity contribution in [3.63, 3.8) is 0 Å². The molecule has 1 rings (SSSR count). The smallest absolute Gasteiger partial charge is 0.326 e. The van der Waals surface area contributed by atoms with Crippen LogP contribution in [-0.4, -0.2) is 54.4 Å². The molecule has 0 radical (unpaired) electrons. The molecule has 1 atom stereocenters. The lowest BCUT2D eigenvalue weighted by molar-refractivity contribution is -0.141. The van der Waals surface area contributed by atoms with Crippen LogP contribution in [0, 0.1) is 0 Å². The number of likely N-dealkylation sites (tertiary alicyclic amines) is 1. The first kappa shape index (κ1) is 12.8. The highest BCUT2D eigenvalue weighted by Gasteiger charge is 2.33. The third-order valence-corrected chi connectivity index (χ3v) is 2.53. The number of hydrogen-bond acceptors (Lipinski definition) is 3. The van der Waals surface area contributed by atoms with E-state index in [4.69, 9.17) is 9.84 Å². The summed E-state index contributed by atoms with van der Waals surface area (Å²) in [7, 11) is 0. The molecule has 0 aromatic rings. The molecule has 2 amide bonds. The molecule has 1 fully saturated rings. The molecule has 1 heterocycles. The van der Waals surface area contributed by atoms with Crippen LogP contribution in [0.15, 0.2) is 0 Å². The molecule has 1 aliphatic heterocycles. The standard InChI is InChI=1S/C10H18N2O4/c1-2-16-7-5-11-10(15)12-6-3-4-8(12)9(13)14/h8H,2-7H2,1H3,(H,11,15)(H,13,14). The first-order valence-corrected chi connectivity index (χ1v) is 5.51. The zero-order valence-electron chi connectivity index (χ0n) is 9.44. The van der Waals surface area contributed by atoms with Gasteiger partial charge in [-0.2, -0.15) is 0 Å². The Labute approximate surface area is 94.6 Å². The Morgan fingerprint density at radius 1 is 1.56 bits per heavy atom. The molecule has 16 heavy (non-hydrogen) atoms. The number of nitrogens with one attached hydrogen (secondary N) is 1. The number of carbonyl (C=O) groups excluding carboxylic acids is 1. The number of carboxylic acid groups (broad SMARTS) is 1. The summed E-state index contributed by atoms with van der Waals surface area (Å²) in [6.07, 6.45) is 1.28. The number of urea groups is 1. The number of ether oxygens (including phenoxy) is 1. The molecule has 0 saturated carbocycles. The maximum atomic E-state index is 11.6. The predicted octanol–water partition coefficient (Wildman–Crippen LogP) is 0.281. The summed E-state index contributed by atoms with van der Waals surface area (Å²) in [6.45, 7) is 3.86. The average molecular weight is 230 g/mol. The second-order valence-electron chi connectivity index (χ2n) is 3.62. The van der Waals surface area contributed by atoms with Crippen LogP contribution in [-0.2, 0) is 9.53 Å². The van der Waals surface area contributed by atoms with E-state index < -0.39 is 12.0 Å². The number of aliphatic carboxylic acids is 1. The van der Waals surface area contributed by atoms with Gasteiger partial charge in [0.1, 0.15) is 6.04 Å². The highest BCUT2D eigenvalue weighted by Crippen LogP contribution is 2.16. The largest absolute Gasteiger partial charge is 0.480 e. The minimum absolute atomic E-state index is 0.315. The van der Waals surface area contributed by atoms with Gasteiger partial charge in [-0.1, -0.05) is 0 Å². The fraction of sp³-hybridized carbons (Fsp3) is 0.800. The van der Waals surface area contributed by atoms with Crippen molar-refractivity contribution in [3.8, 4) is 0 Å². The van der Waals surface area contributed by atoms with Crippen LogP contribution >= 0.6 is 0 Å². The van der Waals surface area contributed by atoms with E-state index >= 15 is 0 Å². The van der Waals surface area contributed by atoms with E-state index in [9.17, 15) is 9.59 Å². The number of hydrogen-bond donors (Lipinski definition) is 2. The van der Waals surface area contributed by atoms with Crippen LogP contribution in [0.5, 0.6) is 0 Å². The van der Waals surface area contributed by atoms with E-state index in [-0.39, 0.29) is 6.03 Å². The van der Waals surface area contributed by atoms with Crippen molar-refractivity contribution in [1.82, 2.24) is 10.2 Å². The van der Waals surface area contributed by atoms with Crippen molar-refractivity contribution in [2.45, 2.75) is 25.8 Å². The predicted molar refractivity (Wildman–Crippen MR) is 57.3 cm³/mol. The van der Waals surface area contributed by atoms with Crippen molar-refractivity contribution in [2.24, 2.45) is 0 Å². The van der Waals surface area contributed by atoms with Crippen LogP contribution in [0.25, 0.3) is 0 Å². The molecule has 6 heteroatoms. The Hall–Kier alpha value is -1.30. The quantitative estimate of drug-likeness (QED) is 0.665. The molecule has 1 aliphatic rings. The molecular weight excluding hydrogens is 212 g/mol. The van der Waals surface area contributed by atoms with Crippen molar-refractivity contribution in [2.75, 3.05) is 26.3 Å². The van der Waals surface area contributed by atoms with Gasteiger partial charge in [0.2, 0.25) is 0 Å². The van der Waals surface area contributed by atoms with E-state index in [1.54, 1.807) is 0 Å². The van der Waals surface area contributed by atoms with E-state index in [0.29, 0.717) is 32.7 Å². The van der Waals surface area contributed by atoms with Gasteiger partial charge < -0.3 is 20.1 Å². The summed E-state index contributed by atoms with van der Waals surface area (Å²) < 4.78 is 5.07. The summed E-state index contributed by atoms with van der Waals surface area (Å²) >= 11 is 0. The second kappa shape index (κ2) is 6.32. The molecule has 1 unspecified atom stereocenters. The van der Waals surface area contributed by atoms with E-state index in [1.165, 1.54) is 4.90 Å². The molecule has 0 spiro atoms. The van der Waals surface area contributed by atoms with Crippen molar-refractivity contribution in [3.05, 3.63) is 0 Å². The number of nitrogens with zero attached hydrogens (tertiary/aromatic N) is 1. The maximum Gasteiger partial charge on any atom is 0.326 e. The molecule has 2 N–H and O–H groups in total. The van der Waals surface area contributed by atoms with Crippen LogP contribution in [0.2, 0.25) is 0 Å². The van der Waals surface area contributed by atoms with E-state index in [1.807, 2.05) is 6.92 Å². The van der Waals surface area contributed by atoms with Crippen LogP contribution < -0.4 is 5.32 Å². The highest BCUT2D eigenvalue weighted by atomic mass is 16.5. The normalized spacial score (nSPS) is 19.8. The van der Waals surface area contributed by atoms with Gasteiger partial charge in [0.05, 0.1) is 6.61 Å². The maximum absolute atomic E-state index is 11.6. The minimum atomic E-state index is -0.933. The summed E-state index contributed by atoms with van der Waals surface area (Å²) in [6, 6.07) is -0.989. The fourth-order valence-electron chi connectivity index (χ4n) is 1.74. The minimum Gasteiger partial charge on any atom is -0.480 e. The monoisotopic (exact) mass is 230 g/mol. The van der Waals surface area contributed by atoms with Gasteiger partial charge in [-0.3, -0.25) is 0 Å². The zero-order valence-corrected chi connectivity index (χ0v) is 9.44. The molecule has 0 aromatic heterocycles. The number of carbonyl (C=O) groups is 2. The second-order valence-corrected chi connectivity index (χ2v) is 3.62. The topological polar surface area (TPSA) is 78.9 Å². The van der Waals surface area contributed by atoms with Gasteiger partial charge in [0, 0.05) is 19.7 Å². The SMILES string of the molecule is CCOCCNC(=O)N1CCCC1C(=O)O. The summed E-state index contributed by atoms with van der Waals surface area (Å²) in [5.41, 5.74) is 0. The Balaban J connectivity index is 2.32. The van der Waals surface area contributed by atoms with E-state index in [0.717, 1.165) is 6.42 Å². The van der Waals surface area contributed by atoms with E-state index in [2.05, 4.69) is 5.32 Å². The molecule has 1 saturated heterocycles. The Kier molecular flexibility index (Phi) is 5.04. The Morgan fingerprint density at radius 2 is 2.31 bits per heavy atom. The van der Waals surface area contributed by atoms with Crippen molar-refractivity contribution < 1.29 is 19.4 Å². The van der Waals surface area contributed by atoms with Gasteiger partial charge in [0.25, 0.3) is 0 Å². The van der Waals surface area contributed by atoms with Crippen molar-refractivity contribution >= 4 is 12.0 Å². The van der Waals surface area contributed by atoms with Crippen molar-refractivity contribution in [1.29, 1.82) is 0 Å². The van der Waals surface area contributed by atoms with Gasteiger partial charge in [-0.25, -0.2) is 9.59 Å². The summed E-state index contributed by atoms with van der Waals surface area (Å²) in [5, 5.41) is 11.5. The van der Waals surface area contributed by atoms with Gasteiger partial charge in [0.15, 0.2) is 0 Å². The highest BCUT2D eigenvalue weighted by molar-refractivity contribution is 5.83. The van der Waals surface area contributed by atoms with Gasteiger partial charge in [-0.15, -0.1) is 0 Å². The lowest BCUT2D eigenvalue weighted by Crippen LogP contribution is -2.46. The lowest BCUT2D eigenvalue weighted by atomic mass is 10.2. The summed E-state index contributed by atoms with van der Waals surface area (Å²) in [5.74, 6) is -0.933. The van der Waals surface area contributed by atoms with Crippen LogP contribution in [0.3, 0.4) is 0 Å². The first-order chi connectivity index (χ1) is 7.66. The molecular formula is C10H18N2O4. The van der Waals surface area contributed by atoms with Gasteiger partial charge in [-0.05, 0) is 19.8 Å². The molecule has 92 valence electrons. The number of rotatable bonds is 5. The third kappa shape index (κ3) is 3.37.